The molecule has 0 bridgehead atoms. The van der Waals surface area contributed by atoms with Crippen molar-refractivity contribution in [2.24, 2.45) is 17.3 Å². The monoisotopic (exact) mass is 274 g/mol. The lowest BCUT2D eigenvalue weighted by atomic mass is 9.70. The summed E-state index contributed by atoms with van der Waals surface area (Å²) in [5.74, 6) is 1.08. The molecule has 0 aromatic heterocycles. The van der Waals surface area contributed by atoms with Gasteiger partial charge in [0, 0.05) is 12.6 Å². The fourth-order valence-corrected chi connectivity index (χ4v) is 3.34. The molecule has 1 aliphatic carbocycles. The number of hydrogen-bond donors (Lipinski definition) is 2. The predicted molar refractivity (Wildman–Crippen MR) is 77.0 cm³/mol. The molecular weight excluding hydrogens is 248 g/mol. The Morgan fingerprint density at radius 1 is 1.33 bits per heavy atom. The van der Waals surface area contributed by atoms with E-state index in [0.717, 1.165) is 25.9 Å². The van der Waals surface area contributed by atoms with Crippen LogP contribution in [0.15, 0.2) is 0 Å². The Morgan fingerprint density at radius 3 is 2.61 bits per heavy atom. The second-order valence-electron chi connectivity index (χ2n) is 6.69. The van der Waals surface area contributed by atoms with Crippen molar-refractivity contribution in [2.45, 2.75) is 52.5 Å². The molecule has 18 heavy (non-hydrogen) atoms. The Labute approximate surface area is 117 Å². The highest BCUT2D eigenvalue weighted by Gasteiger charge is 2.34. The first kappa shape index (κ1) is 15.8. The predicted octanol–water partition coefficient (Wildman–Crippen LogP) is 2.35. The Kier molecular flexibility index (Phi) is 5.47. The molecule has 0 aromatic carbocycles. The van der Waals surface area contributed by atoms with Crippen molar-refractivity contribution in [3.8, 4) is 0 Å². The maximum atomic E-state index is 12.1. The van der Waals surface area contributed by atoms with Gasteiger partial charge >= 0.3 is 0 Å². The summed E-state index contributed by atoms with van der Waals surface area (Å²) in [6.45, 7) is 8.80. The number of carbonyl (C=O) groups excluding carboxylic acids is 1. The van der Waals surface area contributed by atoms with Gasteiger partial charge in [0.1, 0.15) is 0 Å². The van der Waals surface area contributed by atoms with Gasteiger partial charge in [0.2, 0.25) is 5.91 Å². The van der Waals surface area contributed by atoms with Gasteiger partial charge in [-0.1, -0.05) is 20.8 Å². The van der Waals surface area contributed by atoms with Crippen LogP contribution in [-0.2, 0) is 4.79 Å². The van der Waals surface area contributed by atoms with Crippen LogP contribution in [0.2, 0.25) is 0 Å². The zero-order valence-corrected chi connectivity index (χ0v) is 12.6. The average Bonchev–Trinajstić information content (AvgIpc) is 2.74. The summed E-state index contributed by atoms with van der Waals surface area (Å²) in [7, 11) is 0. The van der Waals surface area contributed by atoms with Crippen LogP contribution in [0, 0.1) is 17.3 Å². The maximum absolute atomic E-state index is 12.1. The summed E-state index contributed by atoms with van der Waals surface area (Å²) in [6.07, 6.45) is 4.59. The maximum Gasteiger partial charge on any atom is 0.224 e. The van der Waals surface area contributed by atoms with Crippen molar-refractivity contribution >= 4 is 18.3 Å². The topological polar surface area (TPSA) is 41.1 Å². The molecule has 1 saturated heterocycles. The Morgan fingerprint density at radius 2 is 2.06 bits per heavy atom. The van der Waals surface area contributed by atoms with Gasteiger partial charge in [0.05, 0.1) is 5.92 Å². The van der Waals surface area contributed by atoms with Crippen LogP contribution >= 0.6 is 12.4 Å². The number of rotatable bonds is 2. The molecule has 1 aliphatic heterocycles. The van der Waals surface area contributed by atoms with Crippen LogP contribution in [0.5, 0.6) is 0 Å². The standard InChI is InChI=1S/C14H26N2O.ClH/c1-10-8-14(2,3)6-4-12(10)16-13(17)11-5-7-15-9-11;/h10-12,15H,4-9H2,1-3H3,(H,16,17);1H. The summed E-state index contributed by atoms with van der Waals surface area (Å²) in [4.78, 5) is 12.1. The lowest BCUT2D eigenvalue weighted by molar-refractivity contribution is -0.126. The van der Waals surface area contributed by atoms with Crippen molar-refractivity contribution in [1.82, 2.24) is 10.6 Å². The van der Waals surface area contributed by atoms with Crippen molar-refractivity contribution in [3.05, 3.63) is 0 Å². The summed E-state index contributed by atoms with van der Waals surface area (Å²) in [5, 5.41) is 6.52. The third-order valence-corrected chi connectivity index (χ3v) is 4.45. The fourth-order valence-electron chi connectivity index (χ4n) is 3.34. The third-order valence-electron chi connectivity index (χ3n) is 4.45. The molecule has 3 atom stereocenters. The van der Waals surface area contributed by atoms with E-state index in [-0.39, 0.29) is 24.2 Å². The summed E-state index contributed by atoms with van der Waals surface area (Å²) >= 11 is 0. The van der Waals surface area contributed by atoms with Gasteiger partial charge in [-0.2, -0.15) is 0 Å². The second-order valence-corrected chi connectivity index (χ2v) is 6.69. The van der Waals surface area contributed by atoms with E-state index >= 15 is 0 Å². The molecular formula is C14H27ClN2O. The number of hydrogen-bond acceptors (Lipinski definition) is 2. The van der Waals surface area contributed by atoms with Crippen molar-refractivity contribution in [1.29, 1.82) is 0 Å². The van der Waals surface area contributed by atoms with Crippen LogP contribution in [0.1, 0.15) is 46.5 Å². The molecule has 2 N–H and O–H groups in total. The molecule has 106 valence electrons. The molecule has 1 amide bonds. The van der Waals surface area contributed by atoms with Crippen molar-refractivity contribution in [2.75, 3.05) is 13.1 Å². The average molecular weight is 275 g/mol. The molecule has 3 unspecified atom stereocenters. The largest absolute Gasteiger partial charge is 0.353 e. The molecule has 0 radical (unpaired) electrons. The minimum Gasteiger partial charge on any atom is -0.353 e. The SMILES string of the molecule is CC1CC(C)(C)CCC1NC(=O)C1CCNC1.Cl. The van der Waals surface area contributed by atoms with E-state index in [1.807, 2.05) is 0 Å². The molecule has 0 aromatic rings. The highest BCUT2D eigenvalue weighted by molar-refractivity contribution is 5.85. The summed E-state index contributed by atoms with van der Waals surface area (Å²) in [5.41, 5.74) is 0.454. The van der Waals surface area contributed by atoms with E-state index < -0.39 is 0 Å². The molecule has 2 fully saturated rings. The summed E-state index contributed by atoms with van der Waals surface area (Å²) in [6, 6.07) is 0.399. The lowest BCUT2D eigenvalue weighted by Gasteiger charge is -2.39. The Bertz CT molecular complexity index is 288. The smallest absolute Gasteiger partial charge is 0.224 e. The number of halogens is 1. The Balaban J connectivity index is 0.00000162. The molecule has 4 heteroatoms. The van der Waals surface area contributed by atoms with Crippen LogP contribution in [-0.4, -0.2) is 25.0 Å². The lowest BCUT2D eigenvalue weighted by Crippen LogP contribution is -2.46. The first-order chi connectivity index (χ1) is 7.98. The molecule has 1 saturated carbocycles. The van der Waals surface area contributed by atoms with Gasteiger partial charge in [-0.25, -0.2) is 0 Å². The highest BCUT2D eigenvalue weighted by Crippen LogP contribution is 2.38. The zero-order valence-electron chi connectivity index (χ0n) is 11.8. The molecule has 0 spiro atoms. The molecule has 3 nitrogen and oxygen atoms in total. The van der Waals surface area contributed by atoms with Gasteiger partial charge in [0.15, 0.2) is 0 Å². The van der Waals surface area contributed by atoms with E-state index in [1.54, 1.807) is 0 Å². The molecule has 2 rings (SSSR count). The zero-order chi connectivity index (χ0) is 12.5. The van der Waals surface area contributed by atoms with Crippen molar-refractivity contribution < 1.29 is 4.79 Å². The third kappa shape index (κ3) is 3.86. The second kappa shape index (κ2) is 6.25. The van der Waals surface area contributed by atoms with Gasteiger partial charge in [0.25, 0.3) is 0 Å². The van der Waals surface area contributed by atoms with Crippen molar-refractivity contribution in [3.63, 3.8) is 0 Å². The van der Waals surface area contributed by atoms with E-state index in [9.17, 15) is 4.79 Å². The summed E-state index contributed by atoms with van der Waals surface area (Å²) < 4.78 is 0. The first-order valence-electron chi connectivity index (χ1n) is 6.99. The number of carbonyl (C=O) groups is 1. The van der Waals surface area contributed by atoms with Gasteiger partial charge in [-0.3, -0.25) is 4.79 Å². The Hall–Kier alpha value is -0.280. The fraction of sp³-hybridized carbons (Fsp3) is 0.929. The van der Waals surface area contributed by atoms with Gasteiger partial charge in [-0.05, 0) is 43.6 Å². The first-order valence-corrected chi connectivity index (χ1v) is 6.99. The minimum atomic E-state index is 0. The highest BCUT2D eigenvalue weighted by atomic mass is 35.5. The van der Waals surface area contributed by atoms with E-state index in [4.69, 9.17) is 0 Å². The quantitative estimate of drug-likeness (QED) is 0.812. The minimum absolute atomic E-state index is 0. The van der Waals surface area contributed by atoms with E-state index in [1.165, 1.54) is 12.8 Å². The van der Waals surface area contributed by atoms with Crippen LogP contribution in [0.4, 0.5) is 0 Å². The van der Waals surface area contributed by atoms with Crippen LogP contribution < -0.4 is 10.6 Å². The van der Waals surface area contributed by atoms with Crippen LogP contribution in [0.3, 0.4) is 0 Å². The number of nitrogens with one attached hydrogen (secondary N) is 2. The molecule has 1 heterocycles. The normalized spacial score (nSPS) is 34.7. The number of amides is 1. The van der Waals surface area contributed by atoms with E-state index in [2.05, 4.69) is 31.4 Å². The van der Waals surface area contributed by atoms with Gasteiger partial charge < -0.3 is 10.6 Å². The van der Waals surface area contributed by atoms with E-state index in [0.29, 0.717) is 17.4 Å². The molecule has 2 aliphatic rings. The van der Waals surface area contributed by atoms with Crippen LogP contribution in [0.25, 0.3) is 0 Å². The van der Waals surface area contributed by atoms with Gasteiger partial charge in [-0.15, -0.1) is 12.4 Å².